The number of imidazole rings is 1. The molecule has 3 aromatic rings. The maximum Gasteiger partial charge on any atom is 0.123 e. The largest absolute Gasteiger partial charge is 0.390 e. The van der Waals surface area contributed by atoms with Crippen molar-refractivity contribution in [2.75, 3.05) is 20.1 Å². The minimum absolute atomic E-state index is 0.104. The number of likely N-dealkylation sites (N-methyl/N-ethyl adjacent to an activating group) is 1. The third-order valence-corrected chi connectivity index (χ3v) is 5.76. The molecular weight excluding hydrogens is 352 g/mol. The highest BCUT2D eigenvalue weighted by atomic mass is 16.3. The molecule has 2 atom stereocenters. The number of para-hydroxylation sites is 2. The molecule has 3 heterocycles. The number of aryl methyl sites for hydroxylation is 2. The van der Waals surface area contributed by atoms with E-state index in [0.29, 0.717) is 6.54 Å². The Labute approximate surface area is 166 Å². The summed E-state index contributed by atoms with van der Waals surface area (Å²) >= 11 is 0. The molecule has 2 N–H and O–H groups in total. The van der Waals surface area contributed by atoms with Crippen LogP contribution in [0.5, 0.6) is 0 Å². The van der Waals surface area contributed by atoms with Gasteiger partial charge in [0, 0.05) is 38.4 Å². The summed E-state index contributed by atoms with van der Waals surface area (Å²) in [5, 5.41) is 18.2. The van der Waals surface area contributed by atoms with Crippen LogP contribution in [0, 0.1) is 0 Å². The predicted molar refractivity (Wildman–Crippen MR) is 110 cm³/mol. The number of nitrogens with zero attached hydrogens (tertiary/aromatic N) is 5. The third kappa shape index (κ3) is 3.83. The average molecular weight is 383 g/mol. The average Bonchev–Trinajstić information content (AvgIpc) is 3.35. The summed E-state index contributed by atoms with van der Waals surface area (Å²) in [6.45, 7) is 5.17. The Kier molecular flexibility index (Phi) is 5.48. The first-order chi connectivity index (χ1) is 13.5. The molecule has 1 fully saturated rings. The molecule has 1 aliphatic rings. The van der Waals surface area contributed by atoms with E-state index in [1.54, 1.807) is 0 Å². The summed E-state index contributed by atoms with van der Waals surface area (Å²) in [7, 11) is 4.14. The molecular formula is C21H30N6O. The minimum Gasteiger partial charge on any atom is -0.390 e. The second-order valence-electron chi connectivity index (χ2n) is 7.95. The summed E-state index contributed by atoms with van der Waals surface area (Å²) in [5.41, 5.74) is 4.39. The van der Waals surface area contributed by atoms with Gasteiger partial charge in [-0.3, -0.25) is 14.9 Å². The fourth-order valence-electron chi connectivity index (χ4n) is 4.21. The van der Waals surface area contributed by atoms with E-state index in [1.165, 1.54) is 0 Å². The van der Waals surface area contributed by atoms with Gasteiger partial charge >= 0.3 is 0 Å². The first kappa shape index (κ1) is 19.1. The number of benzene rings is 1. The van der Waals surface area contributed by atoms with Crippen molar-refractivity contribution < 1.29 is 5.11 Å². The molecule has 28 heavy (non-hydrogen) atoms. The molecule has 0 spiro atoms. The van der Waals surface area contributed by atoms with Crippen molar-refractivity contribution >= 4 is 11.0 Å². The van der Waals surface area contributed by atoms with Gasteiger partial charge in [-0.1, -0.05) is 25.5 Å². The Morgan fingerprint density at radius 3 is 2.89 bits per heavy atom. The molecule has 0 amide bonds. The lowest BCUT2D eigenvalue weighted by molar-refractivity contribution is 0.0942. The van der Waals surface area contributed by atoms with Gasteiger partial charge in [-0.15, -0.1) is 0 Å². The Hall–Kier alpha value is -2.22. The van der Waals surface area contributed by atoms with E-state index in [-0.39, 0.29) is 12.1 Å². The van der Waals surface area contributed by atoms with Crippen LogP contribution in [0.3, 0.4) is 0 Å². The number of aliphatic hydroxyl groups is 1. The number of hydrogen-bond donors (Lipinski definition) is 2. The molecule has 7 nitrogen and oxygen atoms in total. The topological polar surface area (TPSA) is 73.2 Å². The van der Waals surface area contributed by atoms with Crippen LogP contribution in [-0.2, 0) is 26.6 Å². The van der Waals surface area contributed by atoms with E-state index < -0.39 is 0 Å². The Bertz CT molecular complexity index is 932. The summed E-state index contributed by atoms with van der Waals surface area (Å²) in [4.78, 5) is 9.29. The molecule has 0 aliphatic carbocycles. The van der Waals surface area contributed by atoms with Gasteiger partial charge in [0.2, 0.25) is 0 Å². The number of aliphatic hydroxyl groups excluding tert-OH is 1. The second-order valence-corrected chi connectivity index (χ2v) is 7.95. The van der Waals surface area contributed by atoms with E-state index in [1.807, 2.05) is 18.2 Å². The standard InChI is InChI=1S/C21H30N6O/c1-4-7-15-10-16(24-23-15)11-25(2)19-12-27(13-20(19)28)14-21-22-17-8-5-6-9-18(17)26(21)3/h5-6,8-10,19-20,28H,4,7,11-14H2,1-3H3,(H,23,24)/t19-,20-/m0/s1. The molecule has 1 saturated heterocycles. The van der Waals surface area contributed by atoms with Crippen LogP contribution in [0.4, 0.5) is 0 Å². The normalized spacial score (nSPS) is 20.6. The van der Waals surface area contributed by atoms with Crippen molar-refractivity contribution in [2.45, 2.75) is 45.0 Å². The van der Waals surface area contributed by atoms with Crippen molar-refractivity contribution in [1.82, 2.24) is 29.5 Å². The first-order valence-corrected chi connectivity index (χ1v) is 10.1. The van der Waals surface area contributed by atoms with Crippen LogP contribution >= 0.6 is 0 Å². The van der Waals surface area contributed by atoms with Gasteiger partial charge in [0.25, 0.3) is 0 Å². The van der Waals surface area contributed by atoms with E-state index in [4.69, 9.17) is 4.98 Å². The Balaban J connectivity index is 1.39. The quantitative estimate of drug-likeness (QED) is 0.653. The molecule has 0 radical (unpaired) electrons. The van der Waals surface area contributed by atoms with Crippen molar-refractivity contribution in [3.63, 3.8) is 0 Å². The number of aromatic amines is 1. The van der Waals surface area contributed by atoms with Crippen molar-refractivity contribution in [3.8, 4) is 0 Å². The molecule has 2 aromatic heterocycles. The van der Waals surface area contributed by atoms with Crippen molar-refractivity contribution in [3.05, 3.63) is 47.5 Å². The number of rotatable bonds is 7. The summed E-state index contributed by atoms with van der Waals surface area (Å²) in [6, 6.07) is 10.4. The van der Waals surface area contributed by atoms with Crippen LogP contribution < -0.4 is 0 Å². The number of aromatic nitrogens is 4. The summed E-state index contributed by atoms with van der Waals surface area (Å²) < 4.78 is 2.15. The number of nitrogens with one attached hydrogen (secondary N) is 1. The van der Waals surface area contributed by atoms with Crippen LogP contribution in [-0.4, -0.2) is 66.9 Å². The molecule has 1 aromatic carbocycles. The Morgan fingerprint density at radius 2 is 2.11 bits per heavy atom. The fraction of sp³-hybridized carbons (Fsp3) is 0.524. The predicted octanol–water partition coefficient (Wildman–Crippen LogP) is 1.93. The first-order valence-electron chi connectivity index (χ1n) is 10.1. The molecule has 0 unspecified atom stereocenters. The highest BCUT2D eigenvalue weighted by Crippen LogP contribution is 2.21. The highest BCUT2D eigenvalue weighted by molar-refractivity contribution is 5.75. The number of hydrogen-bond acceptors (Lipinski definition) is 5. The van der Waals surface area contributed by atoms with Crippen molar-refractivity contribution in [2.24, 2.45) is 7.05 Å². The van der Waals surface area contributed by atoms with Gasteiger partial charge in [-0.25, -0.2) is 4.98 Å². The van der Waals surface area contributed by atoms with Crippen LogP contribution in [0.25, 0.3) is 11.0 Å². The maximum absolute atomic E-state index is 10.6. The smallest absolute Gasteiger partial charge is 0.123 e. The minimum atomic E-state index is -0.363. The van der Waals surface area contributed by atoms with E-state index in [0.717, 1.165) is 60.7 Å². The number of fused-ring (bicyclic) bond motifs is 1. The van der Waals surface area contributed by atoms with Crippen LogP contribution in [0.2, 0.25) is 0 Å². The van der Waals surface area contributed by atoms with Gasteiger partial charge in [0.1, 0.15) is 5.82 Å². The highest BCUT2D eigenvalue weighted by Gasteiger charge is 2.34. The van der Waals surface area contributed by atoms with Gasteiger partial charge in [-0.2, -0.15) is 5.10 Å². The Morgan fingerprint density at radius 1 is 1.29 bits per heavy atom. The number of H-pyrrole nitrogens is 1. The van der Waals surface area contributed by atoms with E-state index in [2.05, 4.69) is 57.7 Å². The lowest BCUT2D eigenvalue weighted by Gasteiger charge is -2.25. The molecule has 1 aliphatic heterocycles. The van der Waals surface area contributed by atoms with Crippen LogP contribution in [0.1, 0.15) is 30.6 Å². The third-order valence-electron chi connectivity index (χ3n) is 5.76. The zero-order chi connectivity index (χ0) is 19.7. The van der Waals surface area contributed by atoms with Gasteiger partial charge in [-0.05, 0) is 31.7 Å². The zero-order valence-corrected chi connectivity index (χ0v) is 17.0. The van der Waals surface area contributed by atoms with Gasteiger partial charge in [0.05, 0.1) is 29.4 Å². The molecule has 4 rings (SSSR count). The zero-order valence-electron chi connectivity index (χ0n) is 17.0. The van der Waals surface area contributed by atoms with Gasteiger partial charge < -0.3 is 9.67 Å². The summed E-state index contributed by atoms with van der Waals surface area (Å²) in [6.07, 6.45) is 1.73. The molecule has 0 bridgehead atoms. The second kappa shape index (κ2) is 8.03. The van der Waals surface area contributed by atoms with Gasteiger partial charge in [0.15, 0.2) is 0 Å². The monoisotopic (exact) mass is 382 g/mol. The summed E-state index contributed by atoms with van der Waals surface area (Å²) in [5.74, 6) is 1.04. The van der Waals surface area contributed by atoms with E-state index in [9.17, 15) is 5.11 Å². The van der Waals surface area contributed by atoms with Crippen molar-refractivity contribution in [1.29, 1.82) is 0 Å². The number of likely N-dealkylation sites (tertiary alicyclic amines) is 1. The SMILES string of the molecule is CCCc1cc(CN(C)[C@H]2CN(Cc3nc4ccccc4n3C)C[C@@H]2O)[nH]n1. The van der Waals surface area contributed by atoms with E-state index >= 15 is 0 Å². The number of β-amino-alcohol motifs (C(OH)–C–C–N with tert-alkyl or cyclic N) is 1. The fourth-order valence-corrected chi connectivity index (χ4v) is 4.21. The maximum atomic E-state index is 10.6. The lowest BCUT2D eigenvalue weighted by Crippen LogP contribution is -2.40. The molecule has 0 saturated carbocycles. The lowest BCUT2D eigenvalue weighted by atomic mass is 10.2. The molecule has 150 valence electrons. The van der Waals surface area contributed by atoms with Crippen LogP contribution in [0.15, 0.2) is 30.3 Å². The molecule has 7 heteroatoms.